The van der Waals surface area contributed by atoms with Crippen molar-refractivity contribution in [1.82, 2.24) is 4.98 Å². The fourth-order valence-electron chi connectivity index (χ4n) is 2.56. The number of rotatable bonds is 7. The van der Waals surface area contributed by atoms with Gasteiger partial charge in [-0.1, -0.05) is 18.2 Å². The highest BCUT2D eigenvalue weighted by molar-refractivity contribution is 5.84. The Hall–Kier alpha value is -3.66. The number of ether oxygens (including phenoxy) is 1. The van der Waals surface area contributed by atoms with Gasteiger partial charge in [0.1, 0.15) is 17.3 Å². The number of benzene rings is 2. The van der Waals surface area contributed by atoms with Crippen molar-refractivity contribution in [2.75, 3.05) is 18.5 Å². The van der Waals surface area contributed by atoms with E-state index >= 15 is 0 Å². The molecule has 7 nitrogen and oxygen atoms in total. The summed E-state index contributed by atoms with van der Waals surface area (Å²) in [4.78, 5) is 14.6. The number of nitro groups is 1. The van der Waals surface area contributed by atoms with Gasteiger partial charge in [-0.05, 0) is 24.6 Å². The lowest BCUT2D eigenvalue weighted by molar-refractivity contribution is -0.384. The molecule has 3 aromatic rings. The van der Waals surface area contributed by atoms with Gasteiger partial charge in [0.05, 0.1) is 22.8 Å². The van der Waals surface area contributed by atoms with Crippen LogP contribution >= 0.6 is 0 Å². The van der Waals surface area contributed by atoms with Crippen LogP contribution in [0.3, 0.4) is 0 Å². The van der Waals surface area contributed by atoms with Crippen LogP contribution < -0.4 is 10.1 Å². The number of nitrogens with zero attached hydrogens (tertiary/aromatic N) is 3. The fourth-order valence-corrected chi connectivity index (χ4v) is 2.56. The number of aromatic nitrogens is 1. The first-order valence-electron chi connectivity index (χ1n) is 8.08. The summed E-state index contributed by atoms with van der Waals surface area (Å²) in [7, 11) is 0. The molecule has 1 heterocycles. The minimum atomic E-state index is -0.517. The number of fused-ring (bicyclic) bond motifs is 1. The highest BCUT2D eigenvalue weighted by Crippen LogP contribution is 2.23. The van der Waals surface area contributed by atoms with Gasteiger partial charge in [0.15, 0.2) is 0 Å². The van der Waals surface area contributed by atoms with E-state index in [4.69, 9.17) is 10.00 Å². The molecule has 0 fully saturated rings. The highest BCUT2D eigenvalue weighted by atomic mass is 16.6. The van der Waals surface area contributed by atoms with Crippen molar-refractivity contribution >= 4 is 22.3 Å². The van der Waals surface area contributed by atoms with Crippen LogP contribution in [-0.2, 0) is 0 Å². The molecule has 0 unspecified atom stereocenters. The molecule has 0 aliphatic heterocycles. The maximum atomic E-state index is 10.8. The number of nitriles is 1. The van der Waals surface area contributed by atoms with Crippen LogP contribution in [0.1, 0.15) is 12.0 Å². The number of hydrogen-bond acceptors (Lipinski definition) is 6. The van der Waals surface area contributed by atoms with Gasteiger partial charge < -0.3 is 10.1 Å². The van der Waals surface area contributed by atoms with Gasteiger partial charge in [-0.3, -0.25) is 15.1 Å². The summed E-state index contributed by atoms with van der Waals surface area (Å²) in [5.74, 6) is 0.733. The molecule has 1 aromatic heterocycles. The van der Waals surface area contributed by atoms with Gasteiger partial charge in [-0.25, -0.2) is 0 Å². The minimum absolute atomic E-state index is 0.0983. The fraction of sp³-hybridized carbons (Fsp3) is 0.158. The molecule has 0 spiro atoms. The molecule has 0 saturated heterocycles. The minimum Gasteiger partial charge on any atom is -0.491 e. The molecule has 3 rings (SSSR count). The molecular weight excluding hydrogens is 332 g/mol. The predicted octanol–water partition coefficient (Wildman–Crippen LogP) is 3.90. The van der Waals surface area contributed by atoms with Crippen LogP contribution in [0.5, 0.6) is 5.75 Å². The Morgan fingerprint density at radius 3 is 2.88 bits per heavy atom. The van der Waals surface area contributed by atoms with E-state index in [-0.39, 0.29) is 11.3 Å². The van der Waals surface area contributed by atoms with Crippen molar-refractivity contribution in [3.63, 3.8) is 0 Å². The van der Waals surface area contributed by atoms with E-state index in [1.165, 1.54) is 12.1 Å². The summed E-state index contributed by atoms with van der Waals surface area (Å²) < 4.78 is 5.81. The Balaban J connectivity index is 1.55. The summed E-state index contributed by atoms with van der Waals surface area (Å²) in [5.41, 5.74) is 1.55. The Morgan fingerprint density at radius 1 is 1.23 bits per heavy atom. The molecule has 0 amide bonds. The average Bonchev–Trinajstić information content (AvgIpc) is 2.67. The zero-order chi connectivity index (χ0) is 18.4. The lowest BCUT2D eigenvalue weighted by Crippen LogP contribution is -2.08. The average molecular weight is 348 g/mol. The molecule has 130 valence electrons. The van der Waals surface area contributed by atoms with E-state index in [0.717, 1.165) is 16.7 Å². The molecule has 7 heteroatoms. The third-order valence-electron chi connectivity index (χ3n) is 3.82. The van der Waals surface area contributed by atoms with Crippen LogP contribution in [0.25, 0.3) is 10.9 Å². The maximum Gasteiger partial charge on any atom is 0.270 e. The summed E-state index contributed by atoms with van der Waals surface area (Å²) in [5, 5.41) is 24.0. The first-order chi connectivity index (χ1) is 12.7. The number of pyridine rings is 1. The second-order valence-electron chi connectivity index (χ2n) is 5.56. The first-order valence-corrected chi connectivity index (χ1v) is 8.08. The van der Waals surface area contributed by atoms with Crippen molar-refractivity contribution in [3.05, 3.63) is 70.4 Å². The number of anilines is 1. The van der Waals surface area contributed by atoms with E-state index in [1.807, 2.05) is 36.4 Å². The first kappa shape index (κ1) is 17.2. The lowest BCUT2D eigenvalue weighted by atomic mass is 10.1. The van der Waals surface area contributed by atoms with Crippen molar-refractivity contribution in [2.24, 2.45) is 0 Å². The lowest BCUT2D eigenvalue weighted by Gasteiger charge is -2.10. The second-order valence-corrected chi connectivity index (χ2v) is 5.56. The van der Waals surface area contributed by atoms with Crippen LogP contribution in [0.2, 0.25) is 0 Å². The highest BCUT2D eigenvalue weighted by Gasteiger charge is 2.10. The second kappa shape index (κ2) is 7.94. The summed E-state index contributed by atoms with van der Waals surface area (Å²) in [6.07, 6.45) is 2.43. The smallest absolute Gasteiger partial charge is 0.270 e. The molecule has 26 heavy (non-hydrogen) atoms. The molecule has 0 radical (unpaired) electrons. The third-order valence-corrected chi connectivity index (χ3v) is 3.82. The molecule has 0 bridgehead atoms. The molecular formula is C19H16N4O3. The molecule has 0 aliphatic rings. The van der Waals surface area contributed by atoms with E-state index in [0.29, 0.717) is 25.3 Å². The van der Waals surface area contributed by atoms with Crippen molar-refractivity contribution in [1.29, 1.82) is 5.26 Å². The van der Waals surface area contributed by atoms with Gasteiger partial charge in [0, 0.05) is 30.3 Å². The van der Waals surface area contributed by atoms with Gasteiger partial charge in [-0.15, -0.1) is 0 Å². The van der Waals surface area contributed by atoms with Gasteiger partial charge in [-0.2, -0.15) is 5.26 Å². The quantitative estimate of drug-likeness (QED) is 0.395. The van der Waals surface area contributed by atoms with Crippen LogP contribution in [0, 0.1) is 21.4 Å². The third kappa shape index (κ3) is 3.87. The Morgan fingerprint density at radius 2 is 2.08 bits per heavy atom. The largest absolute Gasteiger partial charge is 0.491 e. The normalized spacial score (nSPS) is 10.3. The molecule has 1 N–H and O–H groups in total. The summed E-state index contributed by atoms with van der Waals surface area (Å²) in [6, 6.07) is 15.8. The van der Waals surface area contributed by atoms with Crippen LogP contribution in [0.15, 0.2) is 54.7 Å². The number of nitrogens with one attached hydrogen (secondary N) is 1. The van der Waals surface area contributed by atoms with E-state index in [1.54, 1.807) is 12.3 Å². The number of nitro benzene ring substituents is 1. The van der Waals surface area contributed by atoms with Gasteiger partial charge in [0.2, 0.25) is 0 Å². The zero-order valence-electron chi connectivity index (χ0n) is 13.9. The van der Waals surface area contributed by atoms with Crippen LogP contribution in [-0.4, -0.2) is 23.1 Å². The van der Waals surface area contributed by atoms with E-state index in [9.17, 15) is 10.1 Å². The van der Waals surface area contributed by atoms with Crippen molar-refractivity contribution < 1.29 is 9.66 Å². The predicted molar refractivity (Wildman–Crippen MR) is 98.2 cm³/mol. The maximum absolute atomic E-state index is 10.8. The summed E-state index contributed by atoms with van der Waals surface area (Å²) >= 11 is 0. The Bertz CT molecular complexity index is 977. The SMILES string of the molecule is N#Cc1cc([N+](=O)[O-])ccc1NCCCOc1cccc2cccnc12. The molecule has 0 atom stereocenters. The number of non-ortho nitro benzene ring substituents is 1. The molecule has 0 aliphatic carbocycles. The van der Waals surface area contributed by atoms with Crippen molar-refractivity contribution in [3.8, 4) is 11.8 Å². The molecule has 2 aromatic carbocycles. The van der Waals surface area contributed by atoms with Gasteiger partial charge in [0.25, 0.3) is 5.69 Å². The van der Waals surface area contributed by atoms with Crippen molar-refractivity contribution in [2.45, 2.75) is 6.42 Å². The Kier molecular flexibility index (Phi) is 5.25. The number of para-hydroxylation sites is 1. The molecule has 0 saturated carbocycles. The topological polar surface area (TPSA) is 101 Å². The van der Waals surface area contributed by atoms with Gasteiger partial charge >= 0.3 is 0 Å². The standard InChI is InChI=1S/C19H16N4O3/c20-13-15-12-16(23(24)25)7-8-17(15)21-10-3-11-26-18-6-1-4-14-5-2-9-22-19(14)18/h1-2,4-9,12,21H,3,10-11H2. The van der Waals surface area contributed by atoms with Crippen LogP contribution in [0.4, 0.5) is 11.4 Å². The van der Waals surface area contributed by atoms with E-state index < -0.39 is 4.92 Å². The zero-order valence-corrected chi connectivity index (χ0v) is 13.9. The number of hydrogen-bond donors (Lipinski definition) is 1. The van der Waals surface area contributed by atoms with E-state index in [2.05, 4.69) is 10.3 Å². The monoisotopic (exact) mass is 348 g/mol. The Labute approximate surface area is 150 Å². The summed E-state index contributed by atoms with van der Waals surface area (Å²) in [6.45, 7) is 1.06.